The molecule has 1 heterocycles. The lowest BCUT2D eigenvalue weighted by atomic mass is 9.76. The molecule has 18 heavy (non-hydrogen) atoms. The molecule has 1 aromatic rings. The summed E-state index contributed by atoms with van der Waals surface area (Å²) in [6.45, 7) is 5.13. The van der Waals surface area contributed by atoms with Crippen molar-refractivity contribution in [3.63, 3.8) is 0 Å². The Kier molecular flexibility index (Phi) is 3.50. The first-order chi connectivity index (χ1) is 8.10. The first kappa shape index (κ1) is 14.2. The molecule has 1 rings (SSSR count). The van der Waals surface area contributed by atoms with Gasteiger partial charge in [-0.05, 0) is 0 Å². The van der Waals surface area contributed by atoms with E-state index in [2.05, 4.69) is 0 Å². The van der Waals surface area contributed by atoms with Gasteiger partial charge in [-0.1, -0.05) is 20.8 Å². The number of primary amides is 1. The maximum absolute atomic E-state index is 12.1. The lowest BCUT2D eigenvalue weighted by Gasteiger charge is -2.28. The van der Waals surface area contributed by atoms with Gasteiger partial charge in [-0.3, -0.25) is 14.2 Å². The van der Waals surface area contributed by atoms with Gasteiger partial charge in [0.25, 0.3) is 5.56 Å². The molecule has 100 valence electrons. The van der Waals surface area contributed by atoms with Crippen molar-refractivity contribution in [1.82, 2.24) is 9.13 Å². The van der Waals surface area contributed by atoms with Gasteiger partial charge >= 0.3 is 5.69 Å². The number of carbonyl (C=O) groups is 1. The molecule has 1 aromatic heterocycles. The van der Waals surface area contributed by atoms with E-state index in [1.165, 1.54) is 17.8 Å². The Hall–Kier alpha value is -1.85. The molecule has 0 aromatic carbocycles. The molecular weight excluding hydrogens is 234 g/mol. The van der Waals surface area contributed by atoms with E-state index in [9.17, 15) is 14.4 Å². The van der Waals surface area contributed by atoms with Crippen molar-refractivity contribution in [2.24, 2.45) is 25.2 Å². The number of hydrogen-bond acceptors (Lipinski definition) is 3. The Morgan fingerprint density at radius 2 is 1.83 bits per heavy atom. The van der Waals surface area contributed by atoms with Crippen LogP contribution in [-0.4, -0.2) is 15.0 Å². The molecule has 6 nitrogen and oxygen atoms in total. The molecular formula is C12H19N3O3. The van der Waals surface area contributed by atoms with Crippen molar-refractivity contribution >= 4 is 5.91 Å². The number of carbonyl (C=O) groups excluding carboxylic acids is 1. The Morgan fingerprint density at radius 1 is 1.33 bits per heavy atom. The van der Waals surface area contributed by atoms with E-state index in [0.29, 0.717) is 5.56 Å². The summed E-state index contributed by atoms with van der Waals surface area (Å²) in [4.78, 5) is 35.1. The van der Waals surface area contributed by atoms with Crippen LogP contribution in [0.2, 0.25) is 0 Å². The van der Waals surface area contributed by atoms with Gasteiger partial charge in [0.2, 0.25) is 5.91 Å². The number of rotatable bonds is 3. The Bertz CT molecular complexity index is 596. The van der Waals surface area contributed by atoms with Crippen molar-refractivity contribution in [2.75, 3.05) is 0 Å². The van der Waals surface area contributed by atoms with Crippen LogP contribution < -0.4 is 17.0 Å². The summed E-state index contributed by atoms with van der Waals surface area (Å²) in [6.07, 6.45) is 1.47. The summed E-state index contributed by atoms with van der Waals surface area (Å²) < 4.78 is 2.35. The highest BCUT2D eigenvalue weighted by Crippen LogP contribution is 2.32. The molecule has 2 N–H and O–H groups in total. The Balaban J connectivity index is 3.50. The van der Waals surface area contributed by atoms with Gasteiger partial charge in [0.1, 0.15) is 0 Å². The minimum atomic E-state index is -0.858. The van der Waals surface area contributed by atoms with Crippen LogP contribution in [0.3, 0.4) is 0 Å². The lowest BCUT2D eigenvalue weighted by Crippen LogP contribution is -2.43. The smallest absolute Gasteiger partial charge is 0.330 e. The normalized spacial score (nSPS) is 13.4. The van der Waals surface area contributed by atoms with Gasteiger partial charge in [-0.25, -0.2) is 4.79 Å². The SMILES string of the molecule is C[C@@H](c1cn(C)c(=O)n(C)c1=O)C(C)(C)C(N)=O. The molecule has 0 fully saturated rings. The average molecular weight is 253 g/mol. The van der Waals surface area contributed by atoms with E-state index in [4.69, 9.17) is 5.73 Å². The predicted molar refractivity (Wildman–Crippen MR) is 68.3 cm³/mol. The standard InChI is InChI=1S/C12H19N3O3/c1-7(12(2,3)10(13)17)8-6-14(4)11(18)15(5)9(8)16/h6-7H,1-5H3,(H2,13,17)/t7-/m0/s1. The number of amides is 1. The first-order valence-electron chi connectivity index (χ1n) is 5.67. The molecule has 0 bridgehead atoms. The monoisotopic (exact) mass is 253 g/mol. The second kappa shape index (κ2) is 4.44. The molecule has 1 atom stereocenters. The van der Waals surface area contributed by atoms with Crippen LogP contribution in [0.15, 0.2) is 15.8 Å². The maximum atomic E-state index is 12.1. The van der Waals surface area contributed by atoms with Gasteiger partial charge in [-0.15, -0.1) is 0 Å². The number of hydrogen-bond donors (Lipinski definition) is 1. The topological polar surface area (TPSA) is 87.1 Å². The van der Waals surface area contributed by atoms with Gasteiger partial charge in [-0.2, -0.15) is 0 Å². The summed E-state index contributed by atoms with van der Waals surface area (Å²) in [5.41, 5.74) is 4.11. The summed E-state index contributed by atoms with van der Waals surface area (Å²) in [7, 11) is 2.98. The Morgan fingerprint density at radius 3 is 2.28 bits per heavy atom. The molecule has 0 aliphatic heterocycles. The van der Waals surface area contributed by atoms with Crippen molar-refractivity contribution in [2.45, 2.75) is 26.7 Å². The first-order valence-corrected chi connectivity index (χ1v) is 5.67. The van der Waals surface area contributed by atoms with Crippen molar-refractivity contribution in [1.29, 1.82) is 0 Å². The fraction of sp³-hybridized carbons (Fsp3) is 0.583. The van der Waals surface area contributed by atoms with Crippen LogP contribution in [0.5, 0.6) is 0 Å². The molecule has 0 saturated carbocycles. The molecule has 0 aliphatic rings. The van der Waals surface area contributed by atoms with Crippen molar-refractivity contribution < 1.29 is 4.79 Å². The third-order valence-electron chi connectivity index (χ3n) is 3.66. The van der Waals surface area contributed by atoms with Crippen LogP contribution in [0.4, 0.5) is 0 Å². The Labute approximate surface area is 105 Å². The van der Waals surface area contributed by atoms with E-state index in [1.54, 1.807) is 27.8 Å². The van der Waals surface area contributed by atoms with Crippen molar-refractivity contribution in [3.8, 4) is 0 Å². The fourth-order valence-electron chi connectivity index (χ4n) is 1.74. The van der Waals surface area contributed by atoms with Crippen LogP contribution >= 0.6 is 0 Å². The van der Waals surface area contributed by atoms with Crippen LogP contribution in [0.1, 0.15) is 32.3 Å². The minimum Gasteiger partial charge on any atom is -0.369 e. The average Bonchev–Trinajstić information content (AvgIpc) is 2.30. The summed E-state index contributed by atoms with van der Waals surface area (Å²) >= 11 is 0. The fourth-order valence-corrected chi connectivity index (χ4v) is 1.74. The number of aryl methyl sites for hydroxylation is 1. The number of nitrogens with zero attached hydrogens (tertiary/aromatic N) is 2. The van der Waals surface area contributed by atoms with Gasteiger partial charge in [0, 0.05) is 31.8 Å². The van der Waals surface area contributed by atoms with Crippen LogP contribution in [0, 0.1) is 5.41 Å². The molecule has 0 radical (unpaired) electrons. The number of nitrogens with two attached hydrogens (primary N) is 1. The third-order valence-corrected chi connectivity index (χ3v) is 3.66. The molecule has 6 heteroatoms. The predicted octanol–water partition coefficient (Wildman–Crippen LogP) is -0.301. The zero-order valence-corrected chi connectivity index (χ0v) is 11.4. The summed E-state index contributed by atoms with van der Waals surface area (Å²) in [5, 5.41) is 0. The van der Waals surface area contributed by atoms with Gasteiger partial charge in [0.05, 0.1) is 5.41 Å². The zero-order chi connectivity index (χ0) is 14.2. The van der Waals surface area contributed by atoms with E-state index in [0.717, 1.165) is 4.57 Å². The minimum absolute atomic E-state index is 0.375. The van der Waals surface area contributed by atoms with Gasteiger partial charge in [0.15, 0.2) is 0 Å². The molecule has 0 saturated heterocycles. The molecule has 0 spiro atoms. The zero-order valence-electron chi connectivity index (χ0n) is 11.4. The summed E-state index contributed by atoms with van der Waals surface area (Å²) in [5.74, 6) is -0.855. The highest BCUT2D eigenvalue weighted by Gasteiger charge is 2.35. The highest BCUT2D eigenvalue weighted by atomic mass is 16.2. The van der Waals surface area contributed by atoms with E-state index in [-0.39, 0.29) is 11.5 Å². The third kappa shape index (κ3) is 2.10. The van der Waals surface area contributed by atoms with E-state index < -0.39 is 17.0 Å². The lowest BCUT2D eigenvalue weighted by molar-refractivity contribution is -0.126. The second-order valence-electron chi connectivity index (χ2n) is 5.15. The maximum Gasteiger partial charge on any atom is 0.330 e. The van der Waals surface area contributed by atoms with E-state index in [1.807, 2.05) is 0 Å². The molecule has 0 aliphatic carbocycles. The largest absolute Gasteiger partial charge is 0.369 e. The number of aromatic nitrogens is 2. The van der Waals surface area contributed by atoms with Crippen molar-refractivity contribution in [3.05, 3.63) is 32.6 Å². The van der Waals surface area contributed by atoms with Gasteiger partial charge < -0.3 is 10.3 Å². The second-order valence-corrected chi connectivity index (χ2v) is 5.15. The highest BCUT2D eigenvalue weighted by molar-refractivity contribution is 5.81. The van der Waals surface area contributed by atoms with Crippen LogP contribution in [-0.2, 0) is 18.9 Å². The van der Waals surface area contributed by atoms with Crippen LogP contribution in [0.25, 0.3) is 0 Å². The summed E-state index contributed by atoms with van der Waals surface area (Å²) in [6, 6.07) is 0. The quantitative estimate of drug-likeness (QED) is 0.802. The molecule has 1 amide bonds. The van der Waals surface area contributed by atoms with E-state index >= 15 is 0 Å². The molecule has 0 unspecified atom stereocenters.